The number of alkyl halides is 12. The molecule has 0 bridgehead atoms. The number of carboxylic acids is 1. The molecule has 0 radical (unpaired) electrons. The van der Waals surface area contributed by atoms with Gasteiger partial charge in [0.15, 0.2) is 6.17 Å². The molecule has 0 fully saturated rings. The molecule has 0 spiro atoms. The maximum Gasteiger partial charge on any atom is 0.392 e. The normalized spacial score (nSPS) is 15.7. The van der Waals surface area contributed by atoms with E-state index in [0.717, 1.165) is 6.42 Å². The summed E-state index contributed by atoms with van der Waals surface area (Å²) >= 11 is 0. The molecule has 14 heteroatoms. The Bertz CT molecular complexity index is 1070. The van der Waals surface area contributed by atoms with Gasteiger partial charge in [0.1, 0.15) is 5.92 Å². The third kappa shape index (κ3) is 5.66. The molecular weight excluding hydrogens is 536 g/mol. The van der Waals surface area contributed by atoms with Crippen molar-refractivity contribution in [1.29, 1.82) is 0 Å². The SMILES string of the molecule is CC(C(=O)O)C(F)(F)C(F)(F)C(F)(F)C(F)(F)C(F)CC(F)(F)F.c1ccc2c(c1)Cc1ccccc1-2. The lowest BCUT2D eigenvalue weighted by atomic mass is 9.88. The lowest BCUT2D eigenvalue weighted by molar-refractivity contribution is -0.384. The smallest absolute Gasteiger partial charge is 0.392 e. The largest absolute Gasteiger partial charge is 0.481 e. The van der Waals surface area contributed by atoms with Crippen LogP contribution >= 0.6 is 0 Å². The van der Waals surface area contributed by atoms with Crippen molar-refractivity contribution < 1.29 is 62.6 Å². The van der Waals surface area contributed by atoms with E-state index in [1.54, 1.807) is 0 Å². The van der Waals surface area contributed by atoms with Crippen molar-refractivity contribution in [2.75, 3.05) is 0 Å². The zero-order valence-corrected chi connectivity index (χ0v) is 18.6. The number of fused-ring (bicyclic) bond motifs is 3. The minimum Gasteiger partial charge on any atom is -0.481 e. The molecule has 2 atom stereocenters. The quantitative estimate of drug-likeness (QED) is 0.303. The number of halogens is 12. The van der Waals surface area contributed by atoms with Gasteiger partial charge in [-0.25, -0.2) is 4.39 Å². The molecule has 0 amide bonds. The molecule has 1 N–H and O–H groups in total. The molecule has 2 aromatic rings. The highest BCUT2D eigenvalue weighted by Gasteiger charge is 2.83. The van der Waals surface area contributed by atoms with Crippen LogP contribution in [0.5, 0.6) is 0 Å². The second-order valence-electron chi connectivity index (χ2n) is 8.23. The Morgan fingerprint density at radius 1 is 0.757 bits per heavy atom. The van der Waals surface area contributed by atoms with E-state index in [1.807, 2.05) is 0 Å². The van der Waals surface area contributed by atoms with Crippen LogP contribution in [0.3, 0.4) is 0 Å². The van der Waals surface area contributed by atoms with E-state index in [1.165, 1.54) is 22.3 Å². The van der Waals surface area contributed by atoms with Crippen LogP contribution in [0.2, 0.25) is 0 Å². The third-order valence-electron chi connectivity index (χ3n) is 5.66. The maximum absolute atomic E-state index is 13.2. The van der Waals surface area contributed by atoms with Gasteiger partial charge in [-0.3, -0.25) is 4.79 Å². The summed E-state index contributed by atoms with van der Waals surface area (Å²) in [6.07, 6.45) is -13.0. The number of rotatable bonds is 7. The summed E-state index contributed by atoms with van der Waals surface area (Å²) in [5.74, 6) is -34.1. The zero-order valence-electron chi connectivity index (χ0n) is 18.6. The van der Waals surface area contributed by atoms with E-state index < -0.39 is 54.3 Å². The summed E-state index contributed by atoms with van der Waals surface area (Å²) in [6.45, 7) is -0.229. The Hall–Kier alpha value is -2.93. The molecule has 1 aliphatic carbocycles. The number of benzene rings is 2. The van der Waals surface area contributed by atoms with Crippen molar-refractivity contribution in [2.24, 2.45) is 5.92 Å². The molecule has 2 nitrogen and oxygen atoms in total. The Morgan fingerprint density at radius 2 is 1.14 bits per heavy atom. The summed E-state index contributed by atoms with van der Waals surface area (Å²) in [5, 5.41) is 8.14. The summed E-state index contributed by atoms with van der Waals surface area (Å²) in [5.41, 5.74) is 5.75. The van der Waals surface area contributed by atoms with Gasteiger partial charge in [0.25, 0.3) is 0 Å². The monoisotopic (exact) mass is 554 g/mol. The Morgan fingerprint density at radius 3 is 1.51 bits per heavy atom. The Kier molecular flexibility index (Phi) is 8.26. The van der Waals surface area contributed by atoms with E-state index in [9.17, 15) is 57.5 Å². The van der Waals surface area contributed by atoms with Gasteiger partial charge in [0.2, 0.25) is 0 Å². The average Bonchev–Trinajstić information content (AvgIpc) is 3.16. The fourth-order valence-electron chi connectivity index (χ4n) is 3.45. The first kappa shape index (κ1) is 30.3. The first-order chi connectivity index (χ1) is 16.7. The van der Waals surface area contributed by atoms with E-state index in [-0.39, 0.29) is 6.92 Å². The maximum atomic E-state index is 13.2. The second kappa shape index (κ2) is 10.1. The molecule has 0 heterocycles. The number of carbonyl (C=O) groups is 1. The number of carboxylic acid groups (broad SMARTS) is 1. The van der Waals surface area contributed by atoms with Crippen LogP contribution in [0.1, 0.15) is 24.5 Å². The number of aliphatic carboxylic acids is 1. The van der Waals surface area contributed by atoms with Gasteiger partial charge in [-0.1, -0.05) is 48.5 Å². The van der Waals surface area contributed by atoms with E-state index in [4.69, 9.17) is 5.11 Å². The summed E-state index contributed by atoms with van der Waals surface area (Å²) in [4.78, 5) is 10.2. The van der Waals surface area contributed by atoms with Crippen LogP contribution in [-0.4, -0.2) is 47.1 Å². The van der Waals surface area contributed by atoms with Crippen LogP contribution in [0.15, 0.2) is 48.5 Å². The molecular formula is C23H18F12O2. The Balaban J connectivity index is 0.000000303. The molecule has 2 aromatic carbocycles. The van der Waals surface area contributed by atoms with Gasteiger partial charge in [0, 0.05) is 0 Å². The molecule has 0 saturated heterocycles. The van der Waals surface area contributed by atoms with Crippen molar-refractivity contribution in [3.05, 3.63) is 59.7 Å². The molecule has 0 saturated carbocycles. The fraction of sp³-hybridized carbons (Fsp3) is 0.435. The highest BCUT2D eigenvalue weighted by molar-refractivity contribution is 5.76. The van der Waals surface area contributed by atoms with Crippen LogP contribution in [-0.2, 0) is 11.2 Å². The topological polar surface area (TPSA) is 37.3 Å². The predicted molar refractivity (Wildman–Crippen MR) is 107 cm³/mol. The summed E-state index contributed by atoms with van der Waals surface area (Å²) in [6, 6.07) is 17.3. The second-order valence-corrected chi connectivity index (χ2v) is 8.23. The third-order valence-corrected chi connectivity index (χ3v) is 5.66. The van der Waals surface area contributed by atoms with Gasteiger partial charge in [-0.2, -0.15) is 48.3 Å². The number of hydrogen-bond acceptors (Lipinski definition) is 1. The molecule has 2 unspecified atom stereocenters. The first-order valence-electron chi connectivity index (χ1n) is 10.3. The van der Waals surface area contributed by atoms with E-state index in [2.05, 4.69) is 48.5 Å². The minimum absolute atomic E-state index is 0.229. The summed E-state index contributed by atoms with van der Waals surface area (Å²) in [7, 11) is 0. The molecule has 3 rings (SSSR count). The van der Waals surface area contributed by atoms with Gasteiger partial charge in [-0.15, -0.1) is 0 Å². The molecule has 37 heavy (non-hydrogen) atoms. The van der Waals surface area contributed by atoms with Crippen LogP contribution in [0.25, 0.3) is 11.1 Å². The van der Waals surface area contributed by atoms with Crippen LogP contribution in [0, 0.1) is 5.92 Å². The lowest BCUT2D eigenvalue weighted by Crippen LogP contribution is -2.67. The van der Waals surface area contributed by atoms with Crippen molar-refractivity contribution in [2.45, 2.75) is 55.8 Å². The predicted octanol–water partition coefficient (Wildman–Crippen LogP) is 7.80. The van der Waals surface area contributed by atoms with Gasteiger partial charge in [-0.05, 0) is 35.6 Å². The van der Waals surface area contributed by atoms with Gasteiger partial charge >= 0.3 is 35.8 Å². The lowest BCUT2D eigenvalue weighted by Gasteiger charge is -2.39. The van der Waals surface area contributed by atoms with Crippen LogP contribution in [0.4, 0.5) is 52.7 Å². The number of hydrogen-bond donors (Lipinski definition) is 1. The van der Waals surface area contributed by atoms with E-state index >= 15 is 0 Å². The molecule has 0 aliphatic heterocycles. The fourth-order valence-corrected chi connectivity index (χ4v) is 3.45. The average molecular weight is 554 g/mol. The summed E-state index contributed by atoms with van der Waals surface area (Å²) < 4.78 is 153. The van der Waals surface area contributed by atoms with Gasteiger partial charge < -0.3 is 5.11 Å². The van der Waals surface area contributed by atoms with E-state index in [0.29, 0.717) is 0 Å². The molecule has 206 valence electrons. The van der Waals surface area contributed by atoms with Crippen molar-refractivity contribution >= 4 is 5.97 Å². The van der Waals surface area contributed by atoms with Crippen LogP contribution < -0.4 is 0 Å². The minimum atomic E-state index is -7.32. The molecule has 1 aliphatic rings. The van der Waals surface area contributed by atoms with Crippen molar-refractivity contribution in [3.8, 4) is 11.1 Å². The highest BCUT2D eigenvalue weighted by Crippen LogP contribution is 2.56. The van der Waals surface area contributed by atoms with Crippen molar-refractivity contribution in [1.82, 2.24) is 0 Å². The zero-order chi connectivity index (χ0) is 28.6. The first-order valence-corrected chi connectivity index (χ1v) is 10.3. The molecule has 0 aromatic heterocycles. The van der Waals surface area contributed by atoms with Gasteiger partial charge in [0.05, 0.1) is 6.42 Å². The van der Waals surface area contributed by atoms with Crippen molar-refractivity contribution in [3.63, 3.8) is 0 Å². The standard InChI is InChI=1S/C13H10.C10H8F12O2/c1-3-7-12-10(5-1)9-11-6-2-4-8-13(11)12;1-3(5(23)24)7(15,16)9(19,20)10(21,22)8(17,18)4(11)2-6(12,13)14/h1-8H,9H2;3-4H,2H2,1H3,(H,23,24). The highest BCUT2D eigenvalue weighted by atomic mass is 19.4. The Labute approximate surface area is 201 Å².